The van der Waals surface area contributed by atoms with Crippen LogP contribution in [0.2, 0.25) is 0 Å². The van der Waals surface area contributed by atoms with Crippen LogP contribution >= 0.6 is 0 Å². The molecular weight excluding hydrogens is 567 g/mol. The van der Waals surface area contributed by atoms with Crippen molar-refractivity contribution in [1.29, 1.82) is 0 Å². The summed E-state index contributed by atoms with van der Waals surface area (Å²) in [6, 6.07) is 48.4. The average Bonchev–Trinajstić information content (AvgIpc) is 3.34. The Hall–Kier alpha value is -4.62. The van der Waals surface area contributed by atoms with Gasteiger partial charge in [-0.2, -0.15) is 0 Å². The van der Waals surface area contributed by atoms with Crippen LogP contribution < -0.4 is 4.90 Å². The van der Waals surface area contributed by atoms with Gasteiger partial charge in [0, 0.05) is 22.4 Å². The molecule has 0 spiro atoms. The molecule has 1 nitrogen and oxygen atoms in total. The van der Waals surface area contributed by atoms with E-state index in [1.165, 1.54) is 104 Å². The molecule has 0 aromatic heterocycles. The Bertz CT molecular complexity index is 2070. The maximum absolute atomic E-state index is 2.53. The third-order valence-corrected chi connectivity index (χ3v) is 11.0. The van der Waals surface area contributed by atoms with Crippen LogP contribution in [-0.4, -0.2) is 0 Å². The maximum Gasteiger partial charge on any atom is 0.0546 e. The minimum absolute atomic E-state index is 0.0745. The molecule has 0 atom stereocenters. The van der Waals surface area contributed by atoms with Crippen molar-refractivity contribution in [3.05, 3.63) is 150 Å². The molecule has 2 aliphatic carbocycles. The summed E-state index contributed by atoms with van der Waals surface area (Å²) in [4.78, 5) is 2.53. The first-order chi connectivity index (χ1) is 22.9. The van der Waals surface area contributed by atoms with Crippen molar-refractivity contribution in [2.45, 2.75) is 77.0 Å². The number of rotatable bonds is 6. The highest BCUT2D eigenvalue weighted by molar-refractivity contribution is 5.99. The fourth-order valence-corrected chi connectivity index (χ4v) is 8.46. The lowest BCUT2D eigenvalue weighted by molar-refractivity contribution is 0.443. The summed E-state index contributed by atoms with van der Waals surface area (Å²) in [5, 5.41) is 2.52. The Morgan fingerprint density at radius 1 is 0.553 bits per heavy atom. The lowest BCUT2D eigenvalue weighted by atomic mass is 9.82. The second-order valence-corrected chi connectivity index (χ2v) is 14.6. The van der Waals surface area contributed by atoms with E-state index in [2.05, 4.69) is 160 Å². The second-order valence-electron chi connectivity index (χ2n) is 14.6. The zero-order chi connectivity index (χ0) is 32.1. The predicted octanol–water partition coefficient (Wildman–Crippen LogP) is 13.5. The van der Waals surface area contributed by atoms with E-state index < -0.39 is 0 Å². The molecule has 0 heterocycles. The van der Waals surface area contributed by atoms with Crippen molar-refractivity contribution in [2.24, 2.45) is 0 Å². The van der Waals surface area contributed by atoms with Gasteiger partial charge in [-0.3, -0.25) is 0 Å². The molecule has 0 radical (unpaired) electrons. The number of hydrogen-bond donors (Lipinski definition) is 0. The summed E-state index contributed by atoms with van der Waals surface area (Å²) in [7, 11) is 0. The Labute approximate surface area is 280 Å². The minimum atomic E-state index is -0.0745. The van der Waals surface area contributed by atoms with Gasteiger partial charge in [-0.05, 0) is 111 Å². The van der Waals surface area contributed by atoms with E-state index >= 15 is 0 Å². The molecule has 1 fully saturated rings. The van der Waals surface area contributed by atoms with E-state index in [1.807, 2.05) is 0 Å². The third kappa shape index (κ3) is 5.17. The molecule has 0 unspecified atom stereocenters. The molecule has 2 aliphatic rings. The first kappa shape index (κ1) is 29.8. The summed E-state index contributed by atoms with van der Waals surface area (Å²) in [6.07, 6.45) is 6.70. The standard InChI is InChI=1S/C46H45N/c1-31(2)38-18-10-11-19-39(38)42-28-34-16-8-9-17-35(34)29-45(42)47(36-24-22-33(23-25-36)32-14-6-5-7-15-32)37-26-27-41-40-20-12-13-21-43(40)46(3,4)44(41)30-37/h8-13,16-32H,5-7,14-15H2,1-4H3. The van der Waals surface area contributed by atoms with Crippen LogP contribution in [-0.2, 0) is 5.41 Å². The smallest absolute Gasteiger partial charge is 0.0546 e. The van der Waals surface area contributed by atoms with Crippen molar-refractivity contribution < 1.29 is 0 Å². The number of hydrogen-bond acceptors (Lipinski definition) is 1. The fraction of sp³-hybridized carbons (Fsp3) is 0.261. The molecule has 1 saturated carbocycles. The molecule has 6 aromatic carbocycles. The van der Waals surface area contributed by atoms with Crippen LogP contribution in [0, 0.1) is 0 Å². The van der Waals surface area contributed by atoms with Crippen molar-refractivity contribution >= 4 is 27.8 Å². The highest BCUT2D eigenvalue weighted by Crippen LogP contribution is 2.52. The van der Waals surface area contributed by atoms with Gasteiger partial charge >= 0.3 is 0 Å². The number of anilines is 3. The first-order valence-electron chi connectivity index (χ1n) is 17.7. The fourth-order valence-electron chi connectivity index (χ4n) is 8.46. The largest absolute Gasteiger partial charge is 0.310 e. The van der Waals surface area contributed by atoms with Gasteiger partial charge in [0.15, 0.2) is 0 Å². The van der Waals surface area contributed by atoms with Crippen LogP contribution in [0.15, 0.2) is 127 Å². The van der Waals surface area contributed by atoms with Crippen molar-refractivity contribution in [2.75, 3.05) is 4.90 Å². The average molecular weight is 612 g/mol. The zero-order valence-electron chi connectivity index (χ0n) is 28.3. The monoisotopic (exact) mass is 611 g/mol. The van der Waals surface area contributed by atoms with Crippen molar-refractivity contribution in [1.82, 2.24) is 0 Å². The molecular formula is C46H45N. The van der Waals surface area contributed by atoms with E-state index in [1.54, 1.807) is 0 Å². The van der Waals surface area contributed by atoms with Gasteiger partial charge in [0.25, 0.3) is 0 Å². The second kappa shape index (κ2) is 11.9. The molecule has 0 N–H and O–H groups in total. The van der Waals surface area contributed by atoms with E-state index in [0.717, 1.165) is 0 Å². The first-order valence-corrected chi connectivity index (χ1v) is 17.7. The van der Waals surface area contributed by atoms with Gasteiger partial charge in [-0.1, -0.05) is 138 Å². The van der Waals surface area contributed by atoms with Crippen LogP contribution in [0.25, 0.3) is 33.0 Å². The van der Waals surface area contributed by atoms with E-state index in [4.69, 9.17) is 0 Å². The highest BCUT2D eigenvalue weighted by Gasteiger charge is 2.36. The van der Waals surface area contributed by atoms with E-state index in [-0.39, 0.29) is 5.41 Å². The zero-order valence-corrected chi connectivity index (χ0v) is 28.3. The lowest BCUT2D eigenvalue weighted by Gasteiger charge is -2.31. The summed E-state index contributed by atoms with van der Waals surface area (Å²) >= 11 is 0. The maximum atomic E-state index is 2.53. The molecule has 1 heteroatoms. The van der Waals surface area contributed by atoms with Crippen molar-refractivity contribution in [3.63, 3.8) is 0 Å². The van der Waals surface area contributed by atoms with Gasteiger partial charge in [0.2, 0.25) is 0 Å². The Balaban J connectivity index is 1.37. The van der Waals surface area contributed by atoms with Gasteiger partial charge in [-0.15, -0.1) is 0 Å². The van der Waals surface area contributed by atoms with Gasteiger partial charge in [-0.25, -0.2) is 0 Å². The van der Waals surface area contributed by atoms with Crippen LogP contribution in [0.5, 0.6) is 0 Å². The molecule has 0 aliphatic heterocycles. The number of fused-ring (bicyclic) bond motifs is 4. The molecule has 0 bridgehead atoms. The lowest BCUT2D eigenvalue weighted by Crippen LogP contribution is -2.17. The van der Waals surface area contributed by atoms with Crippen LogP contribution in [0.1, 0.15) is 93.9 Å². The van der Waals surface area contributed by atoms with Gasteiger partial charge in [0.05, 0.1) is 5.69 Å². The van der Waals surface area contributed by atoms with Gasteiger partial charge in [0.1, 0.15) is 0 Å². The summed E-state index contributed by atoms with van der Waals surface area (Å²) in [5.41, 5.74) is 14.5. The number of benzene rings is 6. The van der Waals surface area contributed by atoms with E-state index in [0.29, 0.717) is 11.8 Å². The predicted molar refractivity (Wildman–Crippen MR) is 202 cm³/mol. The summed E-state index contributed by atoms with van der Waals surface area (Å²) in [5.74, 6) is 1.09. The van der Waals surface area contributed by atoms with Crippen molar-refractivity contribution in [3.8, 4) is 22.3 Å². The summed E-state index contributed by atoms with van der Waals surface area (Å²) < 4.78 is 0. The summed E-state index contributed by atoms with van der Waals surface area (Å²) in [6.45, 7) is 9.37. The molecule has 0 amide bonds. The third-order valence-electron chi connectivity index (χ3n) is 11.0. The Kier molecular flexibility index (Phi) is 7.52. The van der Waals surface area contributed by atoms with Crippen LogP contribution in [0.4, 0.5) is 17.1 Å². The minimum Gasteiger partial charge on any atom is -0.310 e. The van der Waals surface area contributed by atoms with Gasteiger partial charge < -0.3 is 4.90 Å². The normalized spacial score (nSPS) is 15.5. The highest BCUT2D eigenvalue weighted by atomic mass is 15.1. The molecule has 47 heavy (non-hydrogen) atoms. The quantitative estimate of drug-likeness (QED) is 0.181. The Morgan fingerprint density at radius 2 is 1.17 bits per heavy atom. The van der Waals surface area contributed by atoms with E-state index in [9.17, 15) is 0 Å². The number of nitrogens with zero attached hydrogens (tertiary/aromatic N) is 1. The molecule has 0 saturated heterocycles. The molecule has 8 rings (SSSR count). The molecule has 6 aromatic rings. The topological polar surface area (TPSA) is 3.24 Å². The van der Waals surface area contributed by atoms with Crippen LogP contribution in [0.3, 0.4) is 0 Å². The Morgan fingerprint density at radius 3 is 1.91 bits per heavy atom. The SMILES string of the molecule is CC(C)c1ccccc1-c1cc2ccccc2cc1N(c1ccc(C2CCCCC2)cc1)c1ccc2c(c1)C(C)(C)c1ccccc1-2. The molecule has 234 valence electrons.